The Bertz CT molecular complexity index is 793. The molecule has 0 aromatic heterocycles. The van der Waals surface area contributed by atoms with Crippen LogP contribution >= 0.6 is 0 Å². The highest BCUT2D eigenvalue weighted by molar-refractivity contribution is 7.86. The summed E-state index contributed by atoms with van der Waals surface area (Å²) in [4.78, 5) is 14.6. The molecule has 2 aliphatic rings. The Balaban J connectivity index is 1.66. The van der Waals surface area contributed by atoms with E-state index in [0.717, 1.165) is 11.1 Å². The summed E-state index contributed by atoms with van der Waals surface area (Å²) in [6, 6.07) is 5.84. The van der Waals surface area contributed by atoms with Crippen molar-refractivity contribution in [2.75, 3.05) is 39.3 Å². The molecule has 2 atom stereocenters. The smallest absolute Gasteiger partial charge is 0.282 e. The van der Waals surface area contributed by atoms with E-state index in [1.54, 1.807) is 4.90 Å². The first-order valence-electron chi connectivity index (χ1n) is 9.45. The van der Waals surface area contributed by atoms with Crippen LogP contribution in [0.2, 0.25) is 0 Å². The average molecular weight is 396 g/mol. The lowest BCUT2D eigenvalue weighted by molar-refractivity contribution is -0.0457. The summed E-state index contributed by atoms with van der Waals surface area (Å²) < 4.78 is 34.6. The number of benzene rings is 1. The quantitative estimate of drug-likeness (QED) is 0.776. The molecule has 0 radical (unpaired) electrons. The number of ether oxygens (including phenoxy) is 1. The Kier molecular flexibility index (Phi) is 5.90. The molecule has 7 nitrogen and oxygen atoms in total. The fourth-order valence-electron chi connectivity index (χ4n) is 3.74. The number of carbonyl (C=O) groups is 1. The molecule has 2 unspecified atom stereocenters. The molecule has 150 valence electrons. The lowest BCUT2D eigenvalue weighted by atomic mass is 10.0. The van der Waals surface area contributed by atoms with Crippen LogP contribution in [0.15, 0.2) is 18.2 Å². The molecular weight excluding hydrogens is 366 g/mol. The van der Waals surface area contributed by atoms with Crippen LogP contribution in [0.25, 0.3) is 0 Å². The molecule has 1 aromatic rings. The van der Waals surface area contributed by atoms with E-state index in [1.807, 2.05) is 45.9 Å². The van der Waals surface area contributed by atoms with E-state index in [2.05, 4.69) is 0 Å². The van der Waals surface area contributed by atoms with E-state index in [0.29, 0.717) is 44.8 Å². The van der Waals surface area contributed by atoms with Crippen molar-refractivity contribution >= 4 is 16.1 Å². The van der Waals surface area contributed by atoms with Gasteiger partial charge in [0.25, 0.3) is 16.1 Å². The Labute approximate surface area is 162 Å². The van der Waals surface area contributed by atoms with Gasteiger partial charge >= 0.3 is 0 Å². The lowest BCUT2D eigenvalue weighted by Crippen LogP contribution is -2.57. The summed E-state index contributed by atoms with van der Waals surface area (Å²) in [5.41, 5.74) is 2.68. The number of rotatable bonds is 3. The fraction of sp³-hybridized carbons (Fsp3) is 0.632. The molecule has 2 saturated heterocycles. The Hall–Kier alpha value is -1.48. The van der Waals surface area contributed by atoms with Crippen molar-refractivity contribution in [3.8, 4) is 0 Å². The number of hydrogen-bond donors (Lipinski definition) is 0. The van der Waals surface area contributed by atoms with Crippen molar-refractivity contribution in [2.45, 2.75) is 39.9 Å². The van der Waals surface area contributed by atoms with Crippen molar-refractivity contribution in [3.05, 3.63) is 34.9 Å². The summed E-state index contributed by atoms with van der Waals surface area (Å²) in [6.07, 6.45) is -0.230. The Morgan fingerprint density at radius 3 is 2.19 bits per heavy atom. The monoisotopic (exact) mass is 395 g/mol. The second-order valence-electron chi connectivity index (χ2n) is 7.59. The third-order valence-corrected chi connectivity index (χ3v) is 7.16. The van der Waals surface area contributed by atoms with Gasteiger partial charge < -0.3 is 9.64 Å². The van der Waals surface area contributed by atoms with Gasteiger partial charge in [0.1, 0.15) is 0 Å². The van der Waals surface area contributed by atoms with Crippen LogP contribution in [-0.4, -0.2) is 79.3 Å². The summed E-state index contributed by atoms with van der Waals surface area (Å²) in [6.45, 7) is 9.85. The maximum absolute atomic E-state index is 13.0. The van der Waals surface area contributed by atoms with Crippen LogP contribution < -0.4 is 0 Å². The summed E-state index contributed by atoms with van der Waals surface area (Å²) in [7, 11) is -3.53. The third kappa shape index (κ3) is 4.34. The van der Waals surface area contributed by atoms with E-state index >= 15 is 0 Å². The van der Waals surface area contributed by atoms with Gasteiger partial charge in [0.05, 0.1) is 12.2 Å². The number of morpholine rings is 1. The van der Waals surface area contributed by atoms with Crippen molar-refractivity contribution < 1.29 is 17.9 Å². The normalized spacial score (nSPS) is 25.6. The number of aryl methyl sites for hydroxylation is 2. The van der Waals surface area contributed by atoms with E-state index in [4.69, 9.17) is 4.74 Å². The van der Waals surface area contributed by atoms with E-state index < -0.39 is 10.2 Å². The second kappa shape index (κ2) is 7.87. The molecule has 0 saturated carbocycles. The predicted molar refractivity (Wildman–Crippen MR) is 104 cm³/mol. The Morgan fingerprint density at radius 1 is 1.00 bits per heavy atom. The molecule has 0 bridgehead atoms. The number of amides is 1. The highest BCUT2D eigenvalue weighted by atomic mass is 32.2. The molecule has 2 aliphatic heterocycles. The van der Waals surface area contributed by atoms with Crippen LogP contribution in [0, 0.1) is 13.8 Å². The molecule has 0 N–H and O–H groups in total. The predicted octanol–water partition coefficient (Wildman–Crippen LogP) is 1.42. The SMILES string of the molecule is Cc1ccc(C)c(C(=O)N2CCN(S(=O)(=O)N3CC(C)OC(C)C3)CC2)c1. The van der Waals surface area contributed by atoms with Crippen molar-refractivity contribution in [2.24, 2.45) is 0 Å². The standard InChI is InChI=1S/C19H29N3O4S/c1-14-5-6-15(2)18(11-14)19(23)20-7-9-21(10-8-20)27(24,25)22-12-16(3)26-17(4)13-22/h5-6,11,16-17H,7-10,12-13H2,1-4H3. The van der Waals surface area contributed by atoms with Crippen LogP contribution in [0.4, 0.5) is 0 Å². The second-order valence-corrected chi connectivity index (χ2v) is 9.52. The van der Waals surface area contributed by atoms with Crippen LogP contribution in [0.5, 0.6) is 0 Å². The fourth-order valence-corrected chi connectivity index (χ4v) is 5.49. The average Bonchev–Trinajstić information content (AvgIpc) is 2.62. The molecule has 2 fully saturated rings. The Morgan fingerprint density at radius 2 is 1.59 bits per heavy atom. The van der Waals surface area contributed by atoms with Gasteiger partial charge in [-0.25, -0.2) is 0 Å². The van der Waals surface area contributed by atoms with Gasteiger partial charge in [0.15, 0.2) is 0 Å². The zero-order valence-corrected chi connectivity index (χ0v) is 17.3. The largest absolute Gasteiger partial charge is 0.373 e. The maximum Gasteiger partial charge on any atom is 0.282 e. The molecule has 27 heavy (non-hydrogen) atoms. The minimum Gasteiger partial charge on any atom is -0.373 e. The van der Waals surface area contributed by atoms with E-state index in [-0.39, 0.29) is 18.1 Å². The molecule has 0 spiro atoms. The zero-order valence-electron chi connectivity index (χ0n) is 16.5. The number of nitrogens with zero attached hydrogens (tertiary/aromatic N) is 3. The molecule has 8 heteroatoms. The van der Waals surface area contributed by atoms with Gasteiger partial charge in [-0.2, -0.15) is 17.0 Å². The first-order chi connectivity index (χ1) is 12.7. The van der Waals surface area contributed by atoms with Gasteiger partial charge in [-0.3, -0.25) is 4.79 Å². The summed E-state index contributed by atoms with van der Waals surface area (Å²) in [5, 5.41) is 0. The lowest BCUT2D eigenvalue weighted by Gasteiger charge is -2.40. The zero-order chi connectivity index (χ0) is 19.8. The molecule has 1 amide bonds. The highest BCUT2D eigenvalue weighted by Crippen LogP contribution is 2.20. The molecule has 3 rings (SSSR count). The maximum atomic E-state index is 13.0. The van der Waals surface area contributed by atoms with E-state index in [1.165, 1.54) is 8.61 Å². The van der Waals surface area contributed by atoms with Crippen LogP contribution in [-0.2, 0) is 14.9 Å². The number of piperazine rings is 1. The van der Waals surface area contributed by atoms with Crippen molar-refractivity contribution in [1.82, 2.24) is 13.5 Å². The minimum absolute atomic E-state index is 0.0261. The highest BCUT2D eigenvalue weighted by Gasteiger charge is 2.37. The molecule has 1 aromatic carbocycles. The minimum atomic E-state index is -3.53. The van der Waals surface area contributed by atoms with Gasteiger partial charge in [-0.1, -0.05) is 17.7 Å². The topological polar surface area (TPSA) is 70.2 Å². The van der Waals surface area contributed by atoms with Crippen LogP contribution in [0.1, 0.15) is 35.3 Å². The summed E-state index contributed by atoms with van der Waals surface area (Å²) in [5.74, 6) is -0.0261. The third-order valence-electron chi connectivity index (χ3n) is 5.19. The van der Waals surface area contributed by atoms with Gasteiger partial charge in [-0.15, -0.1) is 0 Å². The van der Waals surface area contributed by atoms with Gasteiger partial charge in [0, 0.05) is 44.8 Å². The van der Waals surface area contributed by atoms with Crippen LogP contribution in [0.3, 0.4) is 0 Å². The molecule has 0 aliphatic carbocycles. The first kappa shape index (κ1) is 20.3. The summed E-state index contributed by atoms with van der Waals surface area (Å²) >= 11 is 0. The van der Waals surface area contributed by atoms with Crippen molar-refractivity contribution in [1.29, 1.82) is 0 Å². The first-order valence-corrected chi connectivity index (χ1v) is 10.9. The molecule has 2 heterocycles. The number of hydrogen-bond acceptors (Lipinski definition) is 4. The van der Waals surface area contributed by atoms with E-state index in [9.17, 15) is 13.2 Å². The van der Waals surface area contributed by atoms with Crippen molar-refractivity contribution in [3.63, 3.8) is 0 Å². The van der Waals surface area contributed by atoms with Gasteiger partial charge in [-0.05, 0) is 39.3 Å². The van der Waals surface area contributed by atoms with Gasteiger partial charge in [0.2, 0.25) is 0 Å². The number of carbonyl (C=O) groups excluding carboxylic acids is 1. The molecular formula is C19H29N3O4S.